The normalized spacial score (nSPS) is 8.50. The van der Waals surface area contributed by atoms with Gasteiger partial charge in [-0.3, -0.25) is 0 Å². The standard InChI is InChI=1S/C13H11O.BrH.Mg/c1-3-7-12(8-4-1)11-14-13-9-5-2-6-10-13;;/h2-10H,11H2;1H;/q-1;;+2/p-1. The van der Waals surface area contributed by atoms with Crippen molar-refractivity contribution < 1.29 is 21.7 Å². The maximum Gasteiger partial charge on any atom is 2.00 e. The molecule has 0 bridgehead atoms. The molecule has 2 rings (SSSR count). The number of halogens is 1. The van der Waals surface area contributed by atoms with Gasteiger partial charge in [-0.05, 0) is 12.1 Å². The summed E-state index contributed by atoms with van der Waals surface area (Å²) in [5.74, 6) is 0.903. The maximum absolute atomic E-state index is 5.58. The van der Waals surface area contributed by atoms with E-state index < -0.39 is 0 Å². The van der Waals surface area contributed by atoms with Crippen molar-refractivity contribution in [3.8, 4) is 5.75 Å². The van der Waals surface area contributed by atoms with Gasteiger partial charge in [0.2, 0.25) is 0 Å². The molecule has 1 nitrogen and oxygen atoms in total. The molecule has 0 atom stereocenters. The molecule has 16 heavy (non-hydrogen) atoms. The van der Waals surface area contributed by atoms with E-state index in [0.29, 0.717) is 6.61 Å². The van der Waals surface area contributed by atoms with E-state index in [1.807, 2.05) is 54.6 Å². The third kappa shape index (κ3) is 5.01. The van der Waals surface area contributed by atoms with E-state index in [2.05, 4.69) is 6.07 Å². The van der Waals surface area contributed by atoms with Crippen LogP contribution in [0.3, 0.4) is 0 Å². The van der Waals surface area contributed by atoms with Gasteiger partial charge in [0.15, 0.2) is 0 Å². The minimum Gasteiger partial charge on any atom is -1.00 e. The van der Waals surface area contributed by atoms with Crippen molar-refractivity contribution >= 4 is 23.1 Å². The second-order valence-corrected chi connectivity index (χ2v) is 3.01. The second kappa shape index (κ2) is 8.62. The molecule has 0 radical (unpaired) electrons. The molecule has 0 amide bonds. The van der Waals surface area contributed by atoms with E-state index in [9.17, 15) is 0 Å². The van der Waals surface area contributed by atoms with Gasteiger partial charge in [-0.2, -0.15) is 30.3 Å². The Morgan fingerprint density at radius 1 is 0.938 bits per heavy atom. The van der Waals surface area contributed by atoms with Crippen LogP contribution in [0, 0.1) is 6.07 Å². The molecular weight excluding hydrogens is 276 g/mol. The number of ether oxygens (including phenoxy) is 1. The van der Waals surface area contributed by atoms with E-state index in [0.717, 1.165) is 11.3 Å². The zero-order valence-electron chi connectivity index (χ0n) is 8.90. The Morgan fingerprint density at radius 3 is 2.19 bits per heavy atom. The average molecular weight is 287 g/mol. The molecule has 0 aromatic heterocycles. The molecule has 0 N–H and O–H groups in total. The van der Waals surface area contributed by atoms with Gasteiger partial charge in [0.05, 0.1) is 6.61 Å². The van der Waals surface area contributed by atoms with Gasteiger partial charge in [0.25, 0.3) is 0 Å². The molecule has 0 aliphatic heterocycles. The first-order valence-electron chi connectivity index (χ1n) is 4.58. The summed E-state index contributed by atoms with van der Waals surface area (Å²) in [4.78, 5) is 0. The smallest absolute Gasteiger partial charge is 1.00 e. The third-order valence-electron chi connectivity index (χ3n) is 1.94. The Kier molecular flexibility index (Phi) is 8.34. The van der Waals surface area contributed by atoms with Crippen LogP contribution in [0.2, 0.25) is 0 Å². The molecule has 78 valence electrons. The van der Waals surface area contributed by atoms with Gasteiger partial charge in [-0.15, -0.1) is 5.56 Å². The molecular formula is C13H11BrMgO. The fourth-order valence-corrected chi connectivity index (χ4v) is 1.20. The van der Waals surface area contributed by atoms with Crippen molar-refractivity contribution in [3.63, 3.8) is 0 Å². The topological polar surface area (TPSA) is 9.23 Å². The van der Waals surface area contributed by atoms with Gasteiger partial charge in [-0.1, -0.05) is 18.2 Å². The van der Waals surface area contributed by atoms with E-state index in [1.54, 1.807) is 0 Å². The molecule has 3 heteroatoms. The zero-order chi connectivity index (χ0) is 9.64. The Bertz CT molecular complexity index is 338. The summed E-state index contributed by atoms with van der Waals surface area (Å²) >= 11 is 0. The molecule has 0 fully saturated rings. The number of benzene rings is 2. The Labute approximate surface area is 123 Å². The molecule has 0 spiro atoms. The Balaban J connectivity index is 0.00000112. The van der Waals surface area contributed by atoms with Crippen LogP contribution in [-0.4, -0.2) is 23.1 Å². The van der Waals surface area contributed by atoms with Gasteiger partial charge in [-0.25, -0.2) is 0 Å². The SMILES string of the molecule is [Br-].[Mg+2].[c-]1ccc(COc2ccccc2)cc1. The summed E-state index contributed by atoms with van der Waals surface area (Å²) in [6.07, 6.45) is 0. The first-order valence-corrected chi connectivity index (χ1v) is 4.58. The van der Waals surface area contributed by atoms with Crippen LogP contribution < -0.4 is 21.7 Å². The summed E-state index contributed by atoms with van der Waals surface area (Å²) in [5.41, 5.74) is 1.16. The van der Waals surface area contributed by atoms with Crippen LogP contribution in [0.1, 0.15) is 5.56 Å². The Hall–Kier alpha value is -0.514. The van der Waals surface area contributed by atoms with Crippen LogP contribution >= 0.6 is 0 Å². The average Bonchev–Trinajstić information content (AvgIpc) is 2.29. The fraction of sp³-hybridized carbons (Fsp3) is 0.0769. The van der Waals surface area contributed by atoms with Crippen LogP contribution in [0.4, 0.5) is 0 Å². The van der Waals surface area contributed by atoms with Crippen molar-refractivity contribution in [2.75, 3.05) is 0 Å². The second-order valence-electron chi connectivity index (χ2n) is 3.01. The van der Waals surface area contributed by atoms with Crippen molar-refractivity contribution in [3.05, 3.63) is 66.2 Å². The molecule has 0 unspecified atom stereocenters. The van der Waals surface area contributed by atoms with Gasteiger partial charge >= 0.3 is 23.1 Å². The molecule has 0 heterocycles. The maximum atomic E-state index is 5.58. The number of hydrogen-bond donors (Lipinski definition) is 0. The van der Waals surface area contributed by atoms with Crippen molar-refractivity contribution in [2.24, 2.45) is 0 Å². The summed E-state index contributed by atoms with van der Waals surface area (Å²) in [6, 6.07) is 20.6. The summed E-state index contributed by atoms with van der Waals surface area (Å²) in [6.45, 7) is 0.610. The first kappa shape index (κ1) is 15.5. The summed E-state index contributed by atoms with van der Waals surface area (Å²) in [5, 5.41) is 0. The minimum absolute atomic E-state index is 0. The molecule has 2 aromatic rings. The number of para-hydroxylation sites is 1. The summed E-state index contributed by atoms with van der Waals surface area (Å²) in [7, 11) is 0. The molecule has 0 saturated heterocycles. The van der Waals surface area contributed by atoms with E-state index in [1.165, 1.54) is 0 Å². The van der Waals surface area contributed by atoms with Crippen molar-refractivity contribution in [1.82, 2.24) is 0 Å². The van der Waals surface area contributed by atoms with Crippen LogP contribution in [0.25, 0.3) is 0 Å². The first-order chi connectivity index (χ1) is 6.95. The third-order valence-corrected chi connectivity index (χ3v) is 1.94. The van der Waals surface area contributed by atoms with E-state index >= 15 is 0 Å². The zero-order valence-corrected chi connectivity index (χ0v) is 11.9. The Morgan fingerprint density at radius 2 is 1.56 bits per heavy atom. The molecule has 2 aromatic carbocycles. The predicted octanol–water partition coefficient (Wildman–Crippen LogP) is -0.311. The molecule has 0 saturated carbocycles. The quantitative estimate of drug-likeness (QED) is 0.556. The number of rotatable bonds is 3. The van der Waals surface area contributed by atoms with Crippen molar-refractivity contribution in [1.29, 1.82) is 0 Å². The van der Waals surface area contributed by atoms with E-state index in [-0.39, 0.29) is 40.0 Å². The van der Waals surface area contributed by atoms with Crippen LogP contribution in [0.15, 0.2) is 54.6 Å². The van der Waals surface area contributed by atoms with E-state index in [4.69, 9.17) is 4.74 Å². The monoisotopic (exact) mass is 286 g/mol. The molecule has 0 aliphatic rings. The van der Waals surface area contributed by atoms with Crippen LogP contribution in [-0.2, 0) is 6.61 Å². The minimum atomic E-state index is 0. The fourth-order valence-electron chi connectivity index (χ4n) is 1.20. The largest absolute Gasteiger partial charge is 2.00 e. The van der Waals surface area contributed by atoms with Gasteiger partial charge in [0, 0.05) is 0 Å². The molecule has 0 aliphatic carbocycles. The summed E-state index contributed by atoms with van der Waals surface area (Å²) < 4.78 is 5.58. The van der Waals surface area contributed by atoms with Gasteiger partial charge < -0.3 is 21.7 Å². The number of hydrogen-bond acceptors (Lipinski definition) is 1. The van der Waals surface area contributed by atoms with Crippen molar-refractivity contribution in [2.45, 2.75) is 6.61 Å². The predicted molar refractivity (Wildman–Crippen MR) is 61.8 cm³/mol. The van der Waals surface area contributed by atoms with Gasteiger partial charge in [0.1, 0.15) is 5.75 Å². The van der Waals surface area contributed by atoms with Crippen LogP contribution in [0.5, 0.6) is 5.75 Å².